The number of rotatable bonds is 5. The molecule has 3 fully saturated rings. The van der Waals surface area contributed by atoms with Crippen molar-refractivity contribution in [3.05, 3.63) is 47.8 Å². The Balaban J connectivity index is 1.14. The van der Waals surface area contributed by atoms with Gasteiger partial charge in [-0.2, -0.15) is 0 Å². The number of hydrogen-bond acceptors (Lipinski definition) is 7. The molecular weight excluding hydrogens is 481 g/mol. The first-order valence-electron chi connectivity index (χ1n) is 12.7. The number of nitrogens with one attached hydrogen (secondary N) is 2. The third-order valence-corrected chi connectivity index (χ3v) is 7.68. The number of hydrogen-bond donors (Lipinski definition) is 3. The van der Waals surface area contributed by atoms with Crippen LogP contribution in [0, 0.1) is 5.82 Å². The number of carbonyl (C=O) groups excluding carboxylic acids is 1. The third kappa shape index (κ3) is 4.76. The molecule has 9 nitrogen and oxygen atoms in total. The molecule has 3 aromatic rings. The molecule has 2 aliphatic heterocycles. The molecule has 1 aliphatic carbocycles. The average Bonchev–Trinajstić information content (AvgIpc) is 3.60. The summed E-state index contributed by atoms with van der Waals surface area (Å²) < 4.78 is 37.0. The standard InChI is InChI=1S/C27H30FN3O6/c1-34-27(33)29-17-8-6-15(7-9-17)14-2-4-16(5-3-14)24-18(28)10-19-20(31-24)11-23(30-19)37-22-13-36-25-21(32)12-35-26(22)25/h2-5,10-11,15,17,21-22,25-26,30,32H,6-9,12-13H2,1H3,(H,29,33)/t15-,17-,21-,22-,25-,26-/m1/s1. The van der Waals surface area contributed by atoms with E-state index in [2.05, 4.69) is 15.3 Å². The van der Waals surface area contributed by atoms with Crippen LogP contribution in [0.1, 0.15) is 37.2 Å². The highest BCUT2D eigenvalue weighted by atomic mass is 19.1. The average molecular weight is 512 g/mol. The quantitative estimate of drug-likeness (QED) is 0.479. The molecule has 0 unspecified atom stereocenters. The zero-order chi connectivity index (χ0) is 25.5. The van der Waals surface area contributed by atoms with E-state index in [1.165, 1.54) is 18.7 Å². The molecular formula is C27H30FN3O6. The fourth-order valence-electron chi connectivity index (χ4n) is 5.69. The first-order chi connectivity index (χ1) is 18.0. The van der Waals surface area contributed by atoms with Crippen molar-refractivity contribution in [2.24, 2.45) is 0 Å². The zero-order valence-electron chi connectivity index (χ0n) is 20.5. The van der Waals surface area contributed by atoms with Crippen LogP contribution in [-0.4, -0.2) is 71.9 Å². The number of nitrogens with zero attached hydrogens (tertiary/aromatic N) is 1. The Bertz CT molecular complexity index is 1270. The SMILES string of the molecule is COC(=O)N[C@H]1CC[C@H](c2ccc(-c3nc4cc(O[C@@H]5CO[C@H]6[C@@H]5OC[C@H]6O)[nH]c4cc3F)cc2)CC1. The van der Waals surface area contributed by atoms with Gasteiger partial charge in [0.1, 0.15) is 24.0 Å². The molecule has 4 heterocycles. The number of aliphatic hydroxyl groups is 1. The van der Waals surface area contributed by atoms with Gasteiger partial charge < -0.3 is 34.4 Å². The zero-order valence-corrected chi connectivity index (χ0v) is 20.5. The number of pyridine rings is 1. The molecule has 1 amide bonds. The number of methoxy groups -OCH3 is 1. The molecule has 3 aliphatic rings. The number of aromatic nitrogens is 2. The second-order valence-corrected chi connectivity index (χ2v) is 10.0. The molecule has 0 bridgehead atoms. The van der Waals surface area contributed by atoms with E-state index in [0.717, 1.165) is 25.7 Å². The summed E-state index contributed by atoms with van der Waals surface area (Å²) in [6.45, 7) is 0.537. The van der Waals surface area contributed by atoms with E-state index in [0.29, 0.717) is 35.0 Å². The molecule has 3 N–H and O–H groups in total. The van der Waals surface area contributed by atoms with Crippen LogP contribution in [0.3, 0.4) is 0 Å². The molecule has 0 spiro atoms. The van der Waals surface area contributed by atoms with Gasteiger partial charge in [-0.05, 0) is 37.2 Å². The Kier molecular flexibility index (Phi) is 6.48. The molecule has 37 heavy (non-hydrogen) atoms. The summed E-state index contributed by atoms with van der Waals surface area (Å²) in [4.78, 5) is 19.1. The van der Waals surface area contributed by atoms with E-state index in [4.69, 9.17) is 18.9 Å². The highest BCUT2D eigenvalue weighted by Gasteiger charge is 2.48. The number of fused-ring (bicyclic) bond motifs is 2. The van der Waals surface area contributed by atoms with Gasteiger partial charge in [0.05, 0.1) is 31.4 Å². The van der Waals surface area contributed by atoms with Crippen LogP contribution < -0.4 is 10.1 Å². The number of ether oxygens (including phenoxy) is 4. The van der Waals surface area contributed by atoms with Gasteiger partial charge in [0, 0.05) is 23.7 Å². The summed E-state index contributed by atoms with van der Waals surface area (Å²) in [5.74, 6) is 0.430. The van der Waals surface area contributed by atoms with Crippen molar-refractivity contribution in [1.29, 1.82) is 0 Å². The van der Waals surface area contributed by atoms with Crippen LogP contribution in [0.25, 0.3) is 22.3 Å². The number of carbonyl (C=O) groups is 1. The maximum absolute atomic E-state index is 15.0. The van der Waals surface area contributed by atoms with Crippen molar-refractivity contribution < 1.29 is 33.2 Å². The van der Waals surface area contributed by atoms with E-state index >= 15 is 4.39 Å². The number of aromatic amines is 1. The highest BCUT2D eigenvalue weighted by molar-refractivity contribution is 5.81. The van der Waals surface area contributed by atoms with Crippen LogP contribution in [-0.2, 0) is 14.2 Å². The normalized spacial score (nSPS) is 29.3. The van der Waals surface area contributed by atoms with Gasteiger partial charge in [0.15, 0.2) is 17.8 Å². The van der Waals surface area contributed by atoms with Crippen LogP contribution in [0.4, 0.5) is 9.18 Å². The van der Waals surface area contributed by atoms with Crippen molar-refractivity contribution in [3.63, 3.8) is 0 Å². The second-order valence-electron chi connectivity index (χ2n) is 10.0. The molecule has 0 radical (unpaired) electrons. The van der Waals surface area contributed by atoms with Crippen molar-refractivity contribution in [2.45, 2.75) is 62.1 Å². The van der Waals surface area contributed by atoms with E-state index < -0.39 is 11.9 Å². The third-order valence-electron chi connectivity index (χ3n) is 7.68. The van der Waals surface area contributed by atoms with Crippen LogP contribution >= 0.6 is 0 Å². The Hall–Kier alpha value is -3.21. The fourth-order valence-corrected chi connectivity index (χ4v) is 5.69. The summed E-state index contributed by atoms with van der Waals surface area (Å²) >= 11 is 0. The lowest BCUT2D eigenvalue weighted by Gasteiger charge is -2.29. The minimum absolute atomic E-state index is 0.142. The molecule has 4 atom stereocenters. The van der Waals surface area contributed by atoms with Crippen LogP contribution in [0.2, 0.25) is 0 Å². The largest absolute Gasteiger partial charge is 0.470 e. The minimum atomic E-state index is -0.648. The van der Waals surface area contributed by atoms with Gasteiger partial charge in [-0.3, -0.25) is 0 Å². The van der Waals surface area contributed by atoms with Gasteiger partial charge in [0.2, 0.25) is 0 Å². The number of aliphatic hydroxyl groups excluding tert-OH is 1. The molecule has 2 saturated heterocycles. The Morgan fingerprint density at radius 1 is 1.11 bits per heavy atom. The first kappa shape index (κ1) is 24.1. The van der Waals surface area contributed by atoms with Gasteiger partial charge in [-0.15, -0.1) is 0 Å². The number of H-pyrrole nitrogens is 1. The maximum atomic E-state index is 15.0. The summed E-state index contributed by atoms with van der Waals surface area (Å²) in [6, 6.07) is 11.2. The first-order valence-corrected chi connectivity index (χ1v) is 12.7. The highest BCUT2D eigenvalue weighted by Crippen LogP contribution is 2.35. The lowest BCUT2D eigenvalue weighted by atomic mass is 9.81. The molecule has 1 saturated carbocycles. The van der Waals surface area contributed by atoms with Crippen LogP contribution in [0.5, 0.6) is 5.88 Å². The minimum Gasteiger partial charge on any atom is -0.470 e. The topological polar surface area (TPSA) is 115 Å². The second kappa shape index (κ2) is 9.92. The Morgan fingerprint density at radius 2 is 1.86 bits per heavy atom. The number of alkyl carbamates (subject to hydrolysis) is 1. The van der Waals surface area contributed by atoms with Gasteiger partial charge in [-0.1, -0.05) is 24.3 Å². The van der Waals surface area contributed by atoms with Crippen molar-refractivity contribution in [3.8, 4) is 17.1 Å². The fraction of sp³-hybridized carbons (Fsp3) is 0.481. The molecule has 10 heteroatoms. The number of halogens is 1. The van der Waals surface area contributed by atoms with E-state index in [9.17, 15) is 9.90 Å². The maximum Gasteiger partial charge on any atom is 0.407 e. The summed E-state index contributed by atoms with van der Waals surface area (Å²) in [6.07, 6.45) is 1.62. The predicted octanol–water partition coefficient (Wildman–Crippen LogP) is 3.66. The summed E-state index contributed by atoms with van der Waals surface area (Å²) in [5.41, 5.74) is 3.31. The Morgan fingerprint density at radius 3 is 2.62 bits per heavy atom. The smallest absolute Gasteiger partial charge is 0.407 e. The van der Waals surface area contributed by atoms with Gasteiger partial charge in [0.25, 0.3) is 0 Å². The molecule has 1 aromatic carbocycles. The predicted molar refractivity (Wildman–Crippen MR) is 132 cm³/mol. The summed E-state index contributed by atoms with van der Waals surface area (Å²) in [5, 5.41) is 12.8. The number of benzene rings is 1. The molecule has 196 valence electrons. The Labute approximate surface area is 213 Å². The van der Waals surface area contributed by atoms with Crippen molar-refractivity contribution >= 4 is 17.1 Å². The van der Waals surface area contributed by atoms with E-state index in [1.807, 2.05) is 24.3 Å². The van der Waals surface area contributed by atoms with Gasteiger partial charge in [-0.25, -0.2) is 14.2 Å². The summed E-state index contributed by atoms with van der Waals surface area (Å²) in [7, 11) is 1.37. The lowest BCUT2D eigenvalue weighted by Crippen LogP contribution is -2.37. The van der Waals surface area contributed by atoms with Crippen molar-refractivity contribution in [2.75, 3.05) is 20.3 Å². The van der Waals surface area contributed by atoms with Crippen molar-refractivity contribution in [1.82, 2.24) is 15.3 Å². The van der Waals surface area contributed by atoms with E-state index in [1.54, 1.807) is 6.07 Å². The lowest BCUT2D eigenvalue weighted by molar-refractivity contribution is 0.00794. The monoisotopic (exact) mass is 511 g/mol. The molecule has 6 rings (SSSR count). The van der Waals surface area contributed by atoms with Crippen LogP contribution in [0.15, 0.2) is 36.4 Å². The van der Waals surface area contributed by atoms with E-state index in [-0.39, 0.29) is 42.7 Å². The molecule has 2 aromatic heterocycles. The van der Waals surface area contributed by atoms with Gasteiger partial charge >= 0.3 is 6.09 Å². The number of amides is 1.